The van der Waals surface area contributed by atoms with Crippen LogP contribution in [0.2, 0.25) is 0 Å². The van der Waals surface area contributed by atoms with Crippen LogP contribution >= 0.6 is 0 Å². The summed E-state index contributed by atoms with van der Waals surface area (Å²) in [7, 11) is 0. The molecule has 0 aliphatic rings. The van der Waals surface area contributed by atoms with Gasteiger partial charge in [-0.2, -0.15) is 0 Å². The van der Waals surface area contributed by atoms with E-state index >= 15 is 0 Å². The standard InChI is InChI=1S/C14H14O4.C4H10O2/c1-3-9-17-13(15)11-7-5-6-8-12(11)14(16)18-10-4-2;1-2-3-4(5)6/h3-8H,1-2,9-10H2;4-6H,2-3H2,1H3. The molecule has 0 aliphatic heterocycles. The molecule has 0 aromatic heterocycles. The fraction of sp³-hybridized carbons (Fsp3) is 0.333. The van der Waals surface area contributed by atoms with Crippen molar-refractivity contribution in [2.75, 3.05) is 13.2 Å². The summed E-state index contributed by atoms with van der Waals surface area (Å²) in [6, 6.07) is 6.31. The lowest BCUT2D eigenvalue weighted by Gasteiger charge is -2.07. The zero-order valence-electron chi connectivity index (χ0n) is 13.8. The monoisotopic (exact) mass is 336 g/mol. The Morgan fingerprint density at radius 1 is 1.04 bits per heavy atom. The Morgan fingerprint density at radius 2 is 1.46 bits per heavy atom. The highest BCUT2D eigenvalue weighted by Gasteiger charge is 2.18. The number of benzene rings is 1. The molecule has 0 unspecified atom stereocenters. The van der Waals surface area contributed by atoms with Gasteiger partial charge in [0, 0.05) is 0 Å². The van der Waals surface area contributed by atoms with Crippen molar-refractivity contribution in [2.45, 2.75) is 26.1 Å². The fourth-order valence-electron chi connectivity index (χ4n) is 1.52. The Hall–Kier alpha value is -2.44. The average Bonchev–Trinajstić information content (AvgIpc) is 2.58. The SMILES string of the molecule is C=CCOC(=O)c1ccccc1C(=O)OCC=C.CCCC(O)O. The second-order valence-corrected chi connectivity index (χ2v) is 4.59. The van der Waals surface area contributed by atoms with E-state index in [9.17, 15) is 9.59 Å². The van der Waals surface area contributed by atoms with E-state index in [1.807, 2.05) is 6.92 Å². The first kappa shape index (κ1) is 21.6. The summed E-state index contributed by atoms with van der Waals surface area (Å²) in [6.45, 7) is 8.98. The van der Waals surface area contributed by atoms with Crippen LogP contribution in [0.25, 0.3) is 0 Å². The van der Waals surface area contributed by atoms with Gasteiger partial charge in [0.25, 0.3) is 0 Å². The van der Waals surface area contributed by atoms with E-state index in [1.165, 1.54) is 24.3 Å². The largest absolute Gasteiger partial charge is 0.458 e. The molecule has 0 fully saturated rings. The maximum absolute atomic E-state index is 11.7. The maximum Gasteiger partial charge on any atom is 0.339 e. The highest BCUT2D eigenvalue weighted by Crippen LogP contribution is 2.12. The van der Waals surface area contributed by atoms with Gasteiger partial charge in [-0.3, -0.25) is 0 Å². The first-order chi connectivity index (χ1) is 11.5. The minimum Gasteiger partial charge on any atom is -0.458 e. The summed E-state index contributed by atoms with van der Waals surface area (Å²) in [4.78, 5) is 23.4. The van der Waals surface area contributed by atoms with Gasteiger partial charge >= 0.3 is 11.9 Å². The second-order valence-electron chi connectivity index (χ2n) is 4.59. The van der Waals surface area contributed by atoms with Crippen molar-refractivity contribution in [2.24, 2.45) is 0 Å². The molecule has 0 bridgehead atoms. The molecule has 1 aromatic rings. The Labute approximate surface area is 142 Å². The smallest absolute Gasteiger partial charge is 0.339 e. The minimum atomic E-state index is -1.10. The van der Waals surface area contributed by atoms with Crippen LogP contribution in [0.3, 0.4) is 0 Å². The molecular weight excluding hydrogens is 312 g/mol. The quantitative estimate of drug-likeness (QED) is 0.430. The van der Waals surface area contributed by atoms with Crippen molar-refractivity contribution in [3.05, 3.63) is 60.7 Å². The summed E-state index contributed by atoms with van der Waals surface area (Å²) < 4.78 is 9.78. The van der Waals surface area contributed by atoms with Gasteiger partial charge in [-0.05, 0) is 18.6 Å². The third kappa shape index (κ3) is 8.87. The van der Waals surface area contributed by atoms with Crippen molar-refractivity contribution < 1.29 is 29.3 Å². The normalized spacial score (nSPS) is 9.50. The molecular formula is C18H24O6. The zero-order valence-corrected chi connectivity index (χ0v) is 13.8. The first-order valence-electron chi connectivity index (χ1n) is 7.49. The summed E-state index contributed by atoms with van der Waals surface area (Å²) >= 11 is 0. The van der Waals surface area contributed by atoms with E-state index in [0.717, 1.165) is 6.42 Å². The molecule has 6 heteroatoms. The Kier molecular flexibility index (Phi) is 11.7. The minimum absolute atomic E-state index is 0.0921. The van der Waals surface area contributed by atoms with Crippen molar-refractivity contribution in [3.8, 4) is 0 Å². The zero-order chi connectivity index (χ0) is 18.4. The Balaban J connectivity index is 0.000000754. The molecule has 2 N–H and O–H groups in total. The van der Waals surface area contributed by atoms with Crippen molar-refractivity contribution >= 4 is 11.9 Å². The first-order valence-corrected chi connectivity index (χ1v) is 7.49. The number of esters is 2. The number of rotatable bonds is 8. The lowest BCUT2D eigenvalue weighted by molar-refractivity contribution is -0.0453. The predicted molar refractivity (Wildman–Crippen MR) is 90.5 cm³/mol. The van der Waals surface area contributed by atoms with E-state index in [2.05, 4.69) is 13.2 Å². The van der Waals surface area contributed by atoms with Crippen LogP contribution in [0.1, 0.15) is 40.5 Å². The van der Waals surface area contributed by atoms with E-state index in [-0.39, 0.29) is 24.3 Å². The predicted octanol–water partition coefficient (Wildman–Crippen LogP) is 2.47. The molecule has 0 amide bonds. The van der Waals surface area contributed by atoms with Gasteiger partial charge < -0.3 is 19.7 Å². The number of carbonyl (C=O) groups is 2. The Morgan fingerprint density at radius 3 is 1.71 bits per heavy atom. The average molecular weight is 336 g/mol. The van der Waals surface area contributed by atoms with Crippen LogP contribution in [0, 0.1) is 0 Å². The van der Waals surface area contributed by atoms with E-state index in [0.29, 0.717) is 6.42 Å². The van der Waals surface area contributed by atoms with E-state index in [1.54, 1.807) is 12.1 Å². The third-order valence-corrected chi connectivity index (χ3v) is 2.58. The second kappa shape index (κ2) is 13.0. The topological polar surface area (TPSA) is 93.1 Å². The van der Waals surface area contributed by atoms with Crippen LogP contribution in [0.15, 0.2) is 49.6 Å². The number of carbonyl (C=O) groups excluding carboxylic acids is 2. The van der Waals surface area contributed by atoms with Gasteiger partial charge in [0.1, 0.15) is 13.2 Å². The van der Waals surface area contributed by atoms with Crippen LogP contribution in [-0.4, -0.2) is 41.7 Å². The summed E-state index contributed by atoms with van der Waals surface area (Å²) in [5.74, 6) is -1.16. The number of ether oxygens (including phenoxy) is 2. The number of aliphatic hydroxyl groups excluding tert-OH is 1. The number of hydrogen-bond donors (Lipinski definition) is 2. The molecule has 6 nitrogen and oxygen atoms in total. The van der Waals surface area contributed by atoms with Crippen molar-refractivity contribution in [1.29, 1.82) is 0 Å². The molecule has 0 saturated carbocycles. The van der Waals surface area contributed by atoms with Crippen molar-refractivity contribution in [1.82, 2.24) is 0 Å². The molecule has 0 atom stereocenters. The highest BCUT2D eigenvalue weighted by molar-refractivity contribution is 6.03. The molecule has 24 heavy (non-hydrogen) atoms. The summed E-state index contributed by atoms with van der Waals surface area (Å²) in [6.07, 6.45) is 3.13. The lowest BCUT2D eigenvalue weighted by atomic mass is 10.1. The van der Waals surface area contributed by atoms with Crippen LogP contribution < -0.4 is 0 Å². The summed E-state index contributed by atoms with van der Waals surface area (Å²) in [5.41, 5.74) is 0.349. The van der Waals surface area contributed by atoms with E-state index < -0.39 is 18.2 Å². The third-order valence-electron chi connectivity index (χ3n) is 2.58. The number of aliphatic hydroxyl groups is 2. The molecule has 0 saturated heterocycles. The van der Waals surface area contributed by atoms with Gasteiger partial charge in [-0.15, -0.1) is 0 Å². The van der Waals surface area contributed by atoms with E-state index in [4.69, 9.17) is 19.7 Å². The summed E-state index contributed by atoms with van der Waals surface area (Å²) in [5, 5.41) is 16.2. The van der Waals surface area contributed by atoms with Gasteiger partial charge in [0.2, 0.25) is 0 Å². The molecule has 0 heterocycles. The highest BCUT2D eigenvalue weighted by atomic mass is 16.5. The fourth-order valence-corrected chi connectivity index (χ4v) is 1.52. The van der Waals surface area contributed by atoms with Gasteiger partial charge in [0.15, 0.2) is 6.29 Å². The molecule has 132 valence electrons. The van der Waals surface area contributed by atoms with Crippen LogP contribution in [-0.2, 0) is 9.47 Å². The lowest BCUT2D eigenvalue weighted by Crippen LogP contribution is -2.14. The number of hydrogen-bond acceptors (Lipinski definition) is 6. The Bertz CT molecular complexity index is 493. The van der Waals surface area contributed by atoms with Crippen LogP contribution in [0.5, 0.6) is 0 Å². The van der Waals surface area contributed by atoms with Crippen LogP contribution in [0.4, 0.5) is 0 Å². The molecule has 0 spiro atoms. The van der Waals surface area contributed by atoms with Gasteiger partial charge in [-0.25, -0.2) is 9.59 Å². The molecule has 0 aliphatic carbocycles. The van der Waals surface area contributed by atoms with Crippen molar-refractivity contribution in [3.63, 3.8) is 0 Å². The molecule has 1 aromatic carbocycles. The maximum atomic E-state index is 11.7. The van der Waals surface area contributed by atoms with Gasteiger partial charge in [0.05, 0.1) is 11.1 Å². The molecule has 0 radical (unpaired) electrons. The van der Waals surface area contributed by atoms with Gasteiger partial charge in [-0.1, -0.05) is 50.8 Å². The molecule has 1 rings (SSSR count).